The normalized spacial score (nSPS) is 11.6. The van der Waals surface area contributed by atoms with Crippen molar-refractivity contribution in [1.29, 1.82) is 0 Å². The first-order valence-electron chi connectivity index (χ1n) is 5.52. The van der Waals surface area contributed by atoms with E-state index in [2.05, 4.69) is 11.8 Å². The number of nitrogens with zero attached hydrogens (tertiary/aromatic N) is 1. The molecule has 2 N–H and O–H groups in total. The fraction of sp³-hybridized carbons (Fsp3) is 0.333. The van der Waals surface area contributed by atoms with Gasteiger partial charge in [-0.3, -0.25) is 0 Å². The van der Waals surface area contributed by atoms with Gasteiger partial charge in [0.15, 0.2) is 0 Å². The third-order valence-corrected chi connectivity index (χ3v) is 4.23. The first-order valence-corrected chi connectivity index (χ1v) is 6.96. The molecule has 0 aliphatic rings. The standard InChI is InChI=1S/C12H13F3N2O2S/c1-17(8-12(14)15)20(18,19)11-5-4-10(13)7-9(11)3-2-6-16/h4-5,7,12H,6,8,16H2,1H3. The van der Waals surface area contributed by atoms with E-state index >= 15 is 0 Å². The fourth-order valence-electron chi connectivity index (χ4n) is 1.43. The Hall–Kier alpha value is -1.56. The molecular formula is C12H13F3N2O2S. The largest absolute Gasteiger partial charge is 0.320 e. The number of rotatable bonds is 4. The summed E-state index contributed by atoms with van der Waals surface area (Å²) in [5.74, 6) is 4.14. The second-order valence-electron chi connectivity index (χ2n) is 3.82. The Labute approximate surface area is 115 Å². The molecule has 0 unspecified atom stereocenters. The first-order chi connectivity index (χ1) is 9.28. The van der Waals surface area contributed by atoms with E-state index in [4.69, 9.17) is 5.73 Å². The van der Waals surface area contributed by atoms with Gasteiger partial charge in [0.25, 0.3) is 6.43 Å². The van der Waals surface area contributed by atoms with Crippen molar-refractivity contribution in [3.63, 3.8) is 0 Å². The summed E-state index contributed by atoms with van der Waals surface area (Å²) in [5, 5.41) is 0. The maximum Gasteiger partial charge on any atom is 0.252 e. The smallest absolute Gasteiger partial charge is 0.252 e. The van der Waals surface area contributed by atoms with Crippen LogP contribution in [-0.4, -0.2) is 39.3 Å². The number of benzene rings is 1. The van der Waals surface area contributed by atoms with E-state index in [1.54, 1.807) is 0 Å². The lowest BCUT2D eigenvalue weighted by Crippen LogP contribution is -2.31. The molecule has 1 aromatic carbocycles. The highest BCUT2D eigenvalue weighted by Crippen LogP contribution is 2.20. The summed E-state index contributed by atoms with van der Waals surface area (Å²) in [5.41, 5.74) is 5.06. The third kappa shape index (κ3) is 3.96. The van der Waals surface area contributed by atoms with E-state index < -0.39 is 28.8 Å². The molecule has 8 heteroatoms. The van der Waals surface area contributed by atoms with Gasteiger partial charge in [-0.25, -0.2) is 21.6 Å². The Morgan fingerprint density at radius 1 is 1.40 bits per heavy atom. The Balaban J connectivity index is 3.31. The summed E-state index contributed by atoms with van der Waals surface area (Å²) in [4.78, 5) is -0.331. The molecule has 0 radical (unpaired) electrons. The van der Waals surface area contributed by atoms with Crippen LogP contribution in [0.2, 0.25) is 0 Å². The number of sulfonamides is 1. The zero-order valence-electron chi connectivity index (χ0n) is 10.6. The van der Waals surface area contributed by atoms with Gasteiger partial charge >= 0.3 is 0 Å². The molecule has 4 nitrogen and oxygen atoms in total. The number of alkyl halides is 2. The molecule has 0 amide bonds. The molecular weight excluding hydrogens is 293 g/mol. The number of halogens is 3. The Kier molecular flexibility index (Phi) is 5.56. The molecule has 0 aliphatic heterocycles. The predicted octanol–water partition coefficient (Wildman–Crippen LogP) is 1.02. The van der Waals surface area contributed by atoms with Crippen LogP contribution < -0.4 is 5.73 Å². The van der Waals surface area contributed by atoms with Gasteiger partial charge in [-0.15, -0.1) is 0 Å². The van der Waals surface area contributed by atoms with Crippen LogP contribution in [0, 0.1) is 17.7 Å². The van der Waals surface area contributed by atoms with Gasteiger partial charge in [0.2, 0.25) is 10.0 Å². The van der Waals surface area contributed by atoms with E-state index in [1.807, 2.05) is 0 Å². The van der Waals surface area contributed by atoms with Crippen LogP contribution in [0.3, 0.4) is 0 Å². The summed E-state index contributed by atoms with van der Waals surface area (Å²) < 4.78 is 62.5. The lowest BCUT2D eigenvalue weighted by atomic mass is 10.2. The summed E-state index contributed by atoms with van der Waals surface area (Å²) in [6, 6.07) is 2.84. The van der Waals surface area contributed by atoms with E-state index in [0.717, 1.165) is 25.2 Å². The van der Waals surface area contributed by atoms with Crippen molar-refractivity contribution in [3.05, 3.63) is 29.6 Å². The lowest BCUT2D eigenvalue weighted by molar-refractivity contribution is 0.126. The van der Waals surface area contributed by atoms with Crippen LogP contribution in [0.4, 0.5) is 13.2 Å². The van der Waals surface area contributed by atoms with Crippen molar-refractivity contribution in [2.45, 2.75) is 11.3 Å². The monoisotopic (exact) mass is 306 g/mol. The van der Waals surface area contributed by atoms with E-state index in [9.17, 15) is 21.6 Å². The Morgan fingerprint density at radius 3 is 2.60 bits per heavy atom. The SMILES string of the molecule is CN(CC(F)F)S(=O)(=O)c1ccc(F)cc1C#CCN. The maximum absolute atomic E-state index is 13.1. The minimum Gasteiger partial charge on any atom is -0.320 e. The minimum atomic E-state index is -4.17. The number of hydrogen-bond acceptors (Lipinski definition) is 3. The van der Waals surface area contributed by atoms with Gasteiger partial charge in [0, 0.05) is 12.6 Å². The Bertz CT molecular complexity index is 636. The molecule has 0 fully saturated rings. The second-order valence-corrected chi connectivity index (χ2v) is 5.84. The molecule has 0 heterocycles. The molecule has 0 saturated carbocycles. The predicted molar refractivity (Wildman–Crippen MR) is 68.2 cm³/mol. The van der Waals surface area contributed by atoms with Crippen molar-refractivity contribution in [1.82, 2.24) is 4.31 Å². The van der Waals surface area contributed by atoms with Crippen LogP contribution in [0.15, 0.2) is 23.1 Å². The Morgan fingerprint density at radius 2 is 2.05 bits per heavy atom. The van der Waals surface area contributed by atoms with Crippen molar-refractivity contribution < 1.29 is 21.6 Å². The number of hydrogen-bond donors (Lipinski definition) is 1. The van der Waals surface area contributed by atoms with Crippen LogP contribution in [0.5, 0.6) is 0 Å². The highest BCUT2D eigenvalue weighted by atomic mass is 32.2. The van der Waals surface area contributed by atoms with Crippen molar-refractivity contribution in [3.8, 4) is 11.8 Å². The molecule has 1 rings (SSSR count). The molecule has 1 aromatic rings. The first kappa shape index (κ1) is 16.5. The van der Waals surface area contributed by atoms with Crippen LogP contribution >= 0.6 is 0 Å². The zero-order chi connectivity index (χ0) is 15.3. The molecule has 0 aromatic heterocycles. The van der Waals surface area contributed by atoms with Crippen molar-refractivity contribution in [2.24, 2.45) is 5.73 Å². The van der Waals surface area contributed by atoms with Crippen molar-refractivity contribution in [2.75, 3.05) is 20.1 Å². The zero-order valence-corrected chi connectivity index (χ0v) is 11.4. The molecule has 0 bridgehead atoms. The van der Waals surface area contributed by atoms with Crippen LogP contribution in [0.25, 0.3) is 0 Å². The molecule has 20 heavy (non-hydrogen) atoms. The summed E-state index contributed by atoms with van der Waals surface area (Å²) in [6.45, 7) is -0.994. The van der Waals surface area contributed by atoms with Crippen LogP contribution in [-0.2, 0) is 10.0 Å². The molecule has 0 aliphatic carbocycles. The van der Waals surface area contributed by atoms with E-state index in [0.29, 0.717) is 4.31 Å². The molecule has 0 spiro atoms. The van der Waals surface area contributed by atoms with Gasteiger partial charge < -0.3 is 5.73 Å². The topological polar surface area (TPSA) is 63.4 Å². The molecule has 110 valence electrons. The highest BCUT2D eigenvalue weighted by molar-refractivity contribution is 7.89. The minimum absolute atomic E-state index is 0.0388. The second kappa shape index (κ2) is 6.74. The van der Waals surface area contributed by atoms with Gasteiger partial charge in [-0.05, 0) is 18.2 Å². The van der Waals surface area contributed by atoms with Gasteiger partial charge in [-0.2, -0.15) is 4.31 Å². The van der Waals surface area contributed by atoms with Gasteiger partial charge in [-0.1, -0.05) is 11.8 Å². The van der Waals surface area contributed by atoms with Crippen LogP contribution in [0.1, 0.15) is 5.56 Å². The summed E-state index contributed by atoms with van der Waals surface area (Å²) in [6.07, 6.45) is -2.81. The average Bonchev–Trinajstić information content (AvgIpc) is 2.35. The quantitative estimate of drug-likeness (QED) is 0.845. The average molecular weight is 306 g/mol. The highest BCUT2D eigenvalue weighted by Gasteiger charge is 2.26. The summed E-state index contributed by atoms with van der Waals surface area (Å²) in [7, 11) is -3.15. The van der Waals surface area contributed by atoms with Gasteiger partial charge in [0.1, 0.15) is 5.82 Å². The lowest BCUT2D eigenvalue weighted by Gasteiger charge is -2.17. The van der Waals surface area contributed by atoms with Crippen molar-refractivity contribution >= 4 is 10.0 Å². The van der Waals surface area contributed by atoms with Gasteiger partial charge in [0.05, 0.1) is 18.0 Å². The third-order valence-electron chi connectivity index (χ3n) is 2.35. The summed E-state index contributed by atoms with van der Waals surface area (Å²) >= 11 is 0. The van der Waals surface area contributed by atoms with E-state index in [-0.39, 0.29) is 17.0 Å². The fourth-order valence-corrected chi connectivity index (χ4v) is 2.70. The maximum atomic E-state index is 13.1. The number of nitrogens with two attached hydrogens (primary N) is 1. The van der Waals surface area contributed by atoms with E-state index in [1.165, 1.54) is 0 Å². The molecule has 0 saturated heterocycles. The molecule has 0 atom stereocenters.